The molecule has 1 amide bonds. The summed E-state index contributed by atoms with van der Waals surface area (Å²) < 4.78 is 5.59. The minimum Gasteiger partial charge on any atom is -0.483 e. The Kier molecular flexibility index (Phi) is 5.52. The number of hydrogen-bond donors (Lipinski definition) is 1. The highest BCUT2D eigenvalue weighted by molar-refractivity contribution is 5.84. The van der Waals surface area contributed by atoms with E-state index in [2.05, 4.69) is 16.6 Å². The molecule has 0 saturated carbocycles. The van der Waals surface area contributed by atoms with Crippen LogP contribution < -0.4 is 10.2 Å². The molecule has 2 rings (SSSR count). The van der Waals surface area contributed by atoms with Gasteiger partial charge in [0.1, 0.15) is 5.75 Å². The Balaban J connectivity index is 1.89. The van der Waals surface area contributed by atoms with Gasteiger partial charge in [0.25, 0.3) is 5.91 Å². The number of amides is 1. The molecule has 0 heterocycles. The smallest absolute Gasteiger partial charge is 0.277 e. The Morgan fingerprint density at radius 1 is 1.09 bits per heavy atom. The molecule has 0 fully saturated rings. The molecule has 0 aromatic heterocycles. The quantitative estimate of drug-likeness (QED) is 0.679. The van der Waals surface area contributed by atoms with E-state index in [0.29, 0.717) is 0 Å². The summed E-state index contributed by atoms with van der Waals surface area (Å²) in [6, 6.07) is 11.9. The highest BCUT2D eigenvalue weighted by Gasteiger charge is 2.06. The maximum atomic E-state index is 11.8. The van der Waals surface area contributed by atoms with Gasteiger partial charge in [-0.15, -0.1) is 0 Å². The number of nitrogens with one attached hydrogen (secondary N) is 1. The second-order valence-electron chi connectivity index (χ2n) is 5.66. The molecule has 2 aromatic rings. The minimum atomic E-state index is -0.284. The number of carbonyl (C=O) groups excluding carboxylic acids is 1. The molecule has 0 aliphatic carbocycles. The van der Waals surface area contributed by atoms with E-state index >= 15 is 0 Å². The van der Waals surface area contributed by atoms with Gasteiger partial charge in [0.15, 0.2) is 6.61 Å². The Labute approximate surface area is 137 Å². The van der Waals surface area contributed by atoms with Crippen molar-refractivity contribution in [2.24, 2.45) is 5.10 Å². The van der Waals surface area contributed by atoms with Gasteiger partial charge in [0, 0.05) is 0 Å². The van der Waals surface area contributed by atoms with Crippen LogP contribution in [0, 0.1) is 27.7 Å². The van der Waals surface area contributed by atoms with E-state index in [1.807, 2.05) is 58.0 Å². The van der Waals surface area contributed by atoms with Gasteiger partial charge >= 0.3 is 0 Å². The lowest BCUT2D eigenvalue weighted by atomic mass is 10.1. The molecule has 0 bridgehead atoms. The standard InChI is InChI=1S/C19H22N2O2/c1-13-8-9-17(16(4)10-13)11-20-21-18(22)12-23-19-14(2)6-5-7-15(19)3/h5-11H,12H2,1-4H3,(H,21,22)/b20-11+. The molecule has 0 unspecified atom stereocenters. The lowest BCUT2D eigenvalue weighted by Crippen LogP contribution is -2.25. The number of ether oxygens (including phenoxy) is 1. The van der Waals surface area contributed by atoms with E-state index < -0.39 is 0 Å². The summed E-state index contributed by atoms with van der Waals surface area (Å²) in [4.78, 5) is 11.8. The summed E-state index contributed by atoms with van der Waals surface area (Å²) in [6.45, 7) is 7.91. The zero-order valence-corrected chi connectivity index (χ0v) is 14.0. The fourth-order valence-electron chi connectivity index (χ4n) is 2.34. The third kappa shape index (κ3) is 4.68. The minimum absolute atomic E-state index is 0.0596. The van der Waals surface area contributed by atoms with Gasteiger partial charge in [-0.05, 0) is 49.9 Å². The third-order valence-electron chi connectivity index (χ3n) is 3.57. The van der Waals surface area contributed by atoms with Crippen molar-refractivity contribution in [3.05, 3.63) is 64.2 Å². The van der Waals surface area contributed by atoms with Gasteiger partial charge in [0.2, 0.25) is 0 Å². The van der Waals surface area contributed by atoms with Gasteiger partial charge in [-0.2, -0.15) is 5.10 Å². The summed E-state index contributed by atoms with van der Waals surface area (Å²) in [5.41, 5.74) is 7.81. The van der Waals surface area contributed by atoms with Crippen LogP contribution in [0.1, 0.15) is 27.8 Å². The molecule has 0 radical (unpaired) electrons. The fraction of sp³-hybridized carbons (Fsp3) is 0.263. The van der Waals surface area contributed by atoms with E-state index in [1.165, 1.54) is 5.56 Å². The predicted octanol–water partition coefficient (Wildman–Crippen LogP) is 3.45. The number of benzene rings is 2. The van der Waals surface area contributed by atoms with Crippen LogP contribution in [0.4, 0.5) is 0 Å². The van der Waals surface area contributed by atoms with Crippen LogP contribution in [-0.2, 0) is 4.79 Å². The first-order valence-electron chi connectivity index (χ1n) is 7.55. The van der Waals surface area contributed by atoms with Crippen molar-refractivity contribution >= 4 is 12.1 Å². The summed E-state index contributed by atoms with van der Waals surface area (Å²) >= 11 is 0. The lowest BCUT2D eigenvalue weighted by molar-refractivity contribution is -0.123. The zero-order valence-electron chi connectivity index (χ0n) is 14.0. The van der Waals surface area contributed by atoms with Gasteiger partial charge < -0.3 is 4.74 Å². The molecular weight excluding hydrogens is 288 g/mol. The van der Waals surface area contributed by atoms with Gasteiger partial charge in [-0.3, -0.25) is 4.79 Å². The first-order chi connectivity index (χ1) is 11.0. The topological polar surface area (TPSA) is 50.7 Å². The van der Waals surface area contributed by atoms with Crippen molar-refractivity contribution in [3.63, 3.8) is 0 Å². The fourth-order valence-corrected chi connectivity index (χ4v) is 2.34. The normalized spacial score (nSPS) is 10.8. The maximum absolute atomic E-state index is 11.8. The van der Waals surface area contributed by atoms with Crippen molar-refractivity contribution in [3.8, 4) is 5.75 Å². The summed E-state index contributed by atoms with van der Waals surface area (Å²) in [7, 11) is 0. The second-order valence-corrected chi connectivity index (χ2v) is 5.66. The average molecular weight is 310 g/mol. The first-order valence-corrected chi connectivity index (χ1v) is 7.55. The molecule has 120 valence electrons. The van der Waals surface area contributed by atoms with Crippen LogP contribution in [0.25, 0.3) is 0 Å². The van der Waals surface area contributed by atoms with E-state index in [4.69, 9.17) is 4.74 Å². The van der Waals surface area contributed by atoms with Crippen LogP contribution in [0.5, 0.6) is 5.75 Å². The molecule has 23 heavy (non-hydrogen) atoms. The first kappa shape index (κ1) is 16.7. The Bertz CT molecular complexity index is 716. The van der Waals surface area contributed by atoms with Gasteiger partial charge in [-0.1, -0.05) is 42.0 Å². The van der Waals surface area contributed by atoms with Crippen LogP contribution >= 0.6 is 0 Å². The van der Waals surface area contributed by atoms with Crippen molar-refractivity contribution in [2.75, 3.05) is 6.61 Å². The van der Waals surface area contributed by atoms with E-state index in [9.17, 15) is 4.79 Å². The van der Waals surface area contributed by atoms with Crippen molar-refractivity contribution in [2.45, 2.75) is 27.7 Å². The zero-order chi connectivity index (χ0) is 16.8. The number of hydrazone groups is 1. The molecular formula is C19H22N2O2. The molecule has 0 saturated heterocycles. The molecule has 0 spiro atoms. The second kappa shape index (κ2) is 7.58. The molecule has 0 aliphatic heterocycles. The average Bonchev–Trinajstić information content (AvgIpc) is 2.49. The number of hydrogen-bond acceptors (Lipinski definition) is 3. The molecule has 0 aliphatic rings. The third-order valence-corrected chi connectivity index (χ3v) is 3.57. The van der Waals surface area contributed by atoms with Crippen molar-refractivity contribution < 1.29 is 9.53 Å². The number of carbonyl (C=O) groups is 1. The van der Waals surface area contributed by atoms with Crippen LogP contribution in [-0.4, -0.2) is 18.7 Å². The highest BCUT2D eigenvalue weighted by Crippen LogP contribution is 2.21. The van der Waals surface area contributed by atoms with E-state index in [-0.39, 0.29) is 12.5 Å². The SMILES string of the molecule is Cc1ccc(/C=N/NC(=O)COc2c(C)cccc2C)c(C)c1. The largest absolute Gasteiger partial charge is 0.483 e. The number of rotatable bonds is 5. The van der Waals surface area contributed by atoms with E-state index in [1.54, 1.807) is 6.21 Å². The molecule has 4 heteroatoms. The number of para-hydroxylation sites is 1. The Morgan fingerprint density at radius 2 is 1.78 bits per heavy atom. The van der Waals surface area contributed by atoms with Crippen LogP contribution in [0.2, 0.25) is 0 Å². The van der Waals surface area contributed by atoms with Crippen molar-refractivity contribution in [1.29, 1.82) is 0 Å². The molecule has 0 atom stereocenters. The van der Waals surface area contributed by atoms with Crippen LogP contribution in [0.3, 0.4) is 0 Å². The van der Waals surface area contributed by atoms with Gasteiger partial charge in [0.05, 0.1) is 6.21 Å². The Morgan fingerprint density at radius 3 is 2.43 bits per heavy atom. The van der Waals surface area contributed by atoms with Crippen LogP contribution in [0.15, 0.2) is 41.5 Å². The summed E-state index contributed by atoms with van der Waals surface area (Å²) in [6.07, 6.45) is 1.64. The predicted molar refractivity (Wildman–Crippen MR) is 93.1 cm³/mol. The molecule has 4 nitrogen and oxygen atoms in total. The maximum Gasteiger partial charge on any atom is 0.277 e. The highest BCUT2D eigenvalue weighted by atomic mass is 16.5. The monoisotopic (exact) mass is 310 g/mol. The number of aryl methyl sites for hydroxylation is 4. The number of nitrogens with zero attached hydrogens (tertiary/aromatic N) is 1. The summed E-state index contributed by atoms with van der Waals surface area (Å²) in [5.74, 6) is 0.467. The molecule has 1 N–H and O–H groups in total. The molecule has 2 aromatic carbocycles. The Hall–Kier alpha value is -2.62. The lowest BCUT2D eigenvalue weighted by Gasteiger charge is -2.10. The summed E-state index contributed by atoms with van der Waals surface area (Å²) in [5, 5.41) is 3.98. The van der Waals surface area contributed by atoms with E-state index in [0.717, 1.165) is 28.0 Å². The van der Waals surface area contributed by atoms with Crippen molar-refractivity contribution in [1.82, 2.24) is 5.43 Å². The van der Waals surface area contributed by atoms with Gasteiger partial charge in [-0.25, -0.2) is 5.43 Å².